The maximum atomic E-state index is 12.0. The Labute approximate surface area is 120 Å². The van der Waals surface area contributed by atoms with Gasteiger partial charge in [0.15, 0.2) is 0 Å². The van der Waals surface area contributed by atoms with Gasteiger partial charge in [-0.3, -0.25) is 19.1 Å². The third kappa shape index (κ3) is 2.74. The second-order valence-electron chi connectivity index (χ2n) is 5.46. The van der Waals surface area contributed by atoms with Gasteiger partial charge in [-0.05, 0) is 30.9 Å². The molecule has 1 saturated carbocycles. The highest BCUT2D eigenvalue weighted by atomic mass is 16.2. The van der Waals surface area contributed by atoms with Crippen LogP contribution in [0.15, 0.2) is 33.9 Å². The number of rotatable bonds is 4. The summed E-state index contributed by atoms with van der Waals surface area (Å²) >= 11 is 0. The number of aromatic nitrogens is 2. The lowest BCUT2D eigenvalue weighted by molar-refractivity contribution is -0.122. The molecule has 1 aliphatic carbocycles. The number of benzene rings is 1. The van der Waals surface area contributed by atoms with Gasteiger partial charge in [0.1, 0.15) is 6.54 Å². The van der Waals surface area contributed by atoms with Crippen molar-refractivity contribution in [2.45, 2.75) is 25.8 Å². The fourth-order valence-electron chi connectivity index (χ4n) is 2.55. The van der Waals surface area contributed by atoms with Crippen molar-refractivity contribution >= 4 is 16.8 Å². The molecule has 1 fully saturated rings. The van der Waals surface area contributed by atoms with Gasteiger partial charge in [-0.15, -0.1) is 0 Å². The number of fused-ring (bicyclic) bond motifs is 1. The molecule has 1 heterocycles. The van der Waals surface area contributed by atoms with E-state index in [1.54, 1.807) is 24.3 Å². The quantitative estimate of drug-likeness (QED) is 0.864. The maximum absolute atomic E-state index is 12.0. The van der Waals surface area contributed by atoms with Crippen molar-refractivity contribution in [1.29, 1.82) is 0 Å². The van der Waals surface area contributed by atoms with Crippen molar-refractivity contribution in [3.05, 3.63) is 45.1 Å². The van der Waals surface area contributed by atoms with Crippen LogP contribution in [0.3, 0.4) is 0 Å². The van der Waals surface area contributed by atoms with Gasteiger partial charge >= 0.3 is 5.69 Å². The van der Waals surface area contributed by atoms with Gasteiger partial charge in [-0.1, -0.05) is 18.6 Å². The summed E-state index contributed by atoms with van der Waals surface area (Å²) in [6.07, 6.45) is 3.54. The third-order valence-corrected chi connectivity index (χ3v) is 4.02. The summed E-state index contributed by atoms with van der Waals surface area (Å²) < 4.78 is 1.30. The predicted molar refractivity (Wildman–Crippen MR) is 79.2 cm³/mol. The normalized spacial score (nSPS) is 14.9. The molecule has 1 aromatic heterocycles. The monoisotopic (exact) mass is 287 g/mol. The molecular weight excluding hydrogens is 270 g/mol. The van der Waals surface area contributed by atoms with E-state index in [0.29, 0.717) is 23.4 Å². The topological polar surface area (TPSA) is 84.0 Å². The Hall–Kier alpha value is -2.37. The van der Waals surface area contributed by atoms with Crippen molar-refractivity contribution in [3.63, 3.8) is 0 Å². The number of aromatic amines is 1. The summed E-state index contributed by atoms with van der Waals surface area (Å²) in [5, 5.41) is 3.26. The van der Waals surface area contributed by atoms with E-state index in [9.17, 15) is 14.4 Å². The van der Waals surface area contributed by atoms with Crippen molar-refractivity contribution in [2.75, 3.05) is 6.54 Å². The van der Waals surface area contributed by atoms with Crippen molar-refractivity contribution in [2.24, 2.45) is 5.92 Å². The molecule has 1 aliphatic rings. The number of para-hydroxylation sites is 1. The molecule has 1 aromatic carbocycles. The second-order valence-corrected chi connectivity index (χ2v) is 5.46. The van der Waals surface area contributed by atoms with E-state index in [0.717, 1.165) is 12.8 Å². The SMILES string of the molecule is O=C(Cn1c(=O)[nH]c(=O)c2ccccc21)NCC1CCC1. The standard InChI is InChI=1S/C15H17N3O3/c19-13(16-8-10-4-3-5-10)9-18-12-7-2-1-6-11(12)14(20)17-15(18)21/h1-2,6-7,10H,3-5,8-9H2,(H,16,19)(H,17,20,21). The van der Waals surface area contributed by atoms with Gasteiger partial charge in [0.2, 0.25) is 5.91 Å². The van der Waals surface area contributed by atoms with Crippen LogP contribution >= 0.6 is 0 Å². The lowest BCUT2D eigenvalue weighted by atomic mass is 9.85. The minimum Gasteiger partial charge on any atom is -0.354 e. The Balaban J connectivity index is 1.84. The Kier molecular flexibility index (Phi) is 3.60. The van der Waals surface area contributed by atoms with Crippen LogP contribution in [-0.4, -0.2) is 22.0 Å². The van der Waals surface area contributed by atoms with Gasteiger partial charge in [0.25, 0.3) is 5.56 Å². The highest BCUT2D eigenvalue weighted by Crippen LogP contribution is 2.25. The maximum Gasteiger partial charge on any atom is 0.329 e. The summed E-state index contributed by atoms with van der Waals surface area (Å²) in [4.78, 5) is 37.9. The first-order valence-electron chi connectivity index (χ1n) is 7.14. The smallest absolute Gasteiger partial charge is 0.329 e. The Bertz CT molecular complexity index is 787. The molecule has 21 heavy (non-hydrogen) atoms. The van der Waals surface area contributed by atoms with Crippen molar-refractivity contribution in [3.8, 4) is 0 Å². The van der Waals surface area contributed by atoms with Crippen LogP contribution in [-0.2, 0) is 11.3 Å². The highest BCUT2D eigenvalue weighted by Gasteiger charge is 2.18. The number of nitrogens with one attached hydrogen (secondary N) is 2. The number of hydrogen-bond donors (Lipinski definition) is 2. The number of carbonyl (C=O) groups is 1. The molecule has 110 valence electrons. The fourth-order valence-corrected chi connectivity index (χ4v) is 2.55. The zero-order valence-electron chi connectivity index (χ0n) is 11.6. The molecule has 6 heteroatoms. The van der Waals surface area contributed by atoms with E-state index in [-0.39, 0.29) is 12.5 Å². The molecule has 3 rings (SSSR count). The molecule has 2 aromatic rings. The molecule has 0 unspecified atom stereocenters. The van der Waals surface area contributed by atoms with E-state index < -0.39 is 11.2 Å². The second kappa shape index (κ2) is 5.55. The van der Waals surface area contributed by atoms with Crippen LogP contribution in [0.5, 0.6) is 0 Å². The van der Waals surface area contributed by atoms with E-state index in [1.807, 2.05) is 0 Å². The molecule has 0 radical (unpaired) electrons. The van der Waals surface area contributed by atoms with E-state index in [1.165, 1.54) is 11.0 Å². The summed E-state index contributed by atoms with van der Waals surface area (Å²) in [5.74, 6) is 0.360. The number of carbonyl (C=O) groups excluding carboxylic acids is 1. The molecule has 0 aliphatic heterocycles. The van der Waals surface area contributed by atoms with Crippen LogP contribution in [0.1, 0.15) is 19.3 Å². The van der Waals surface area contributed by atoms with Crippen LogP contribution in [0.4, 0.5) is 0 Å². The van der Waals surface area contributed by atoms with Crippen molar-refractivity contribution in [1.82, 2.24) is 14.9 Å². The van der Waals surface area contributed by atoms with Crippen LogP contribution in [0.2, 0.25) is 0 Å². The lowest BCUT2D eigenvalue weighted by Gasteiger charge is -2.25. The molecule has 1 amide bonds. The number of amides is 1. The molecular formula is C15H17N3O3. The third-order valence-electron chi connectivity index (χ3n) is 4.02. The highest BCUT2D eigenvalue weighted by molar-refractivity contribution is 5.81. The number of H-pyrrole nitrogens is 1. The first kappa shape index (κ1) is 13.6. The molecule has 6 nitrogen and oxygen atoms in total. The Morgan fingerprint density at radius 2 is 2.05 bits per heavy atom. The minimum absolute atomic E-state index is 0.0805. The average Bonchev–Trinajstić information content (AvgIpc) is 2.42. The molecule has 0 spiro atoms. The summed E-state index contributed by atoms with van der Waals surface area (Å²) in [7, 11) is 0. The molecule has 2 N–H and O–H groups in total. The van der Waals surface area contributed by atoms with Gasteiger partial charge in [0, 0.05) is 6.54 Å². The number of hydrogen-bond acceptors (Lipinski definition) is 3. The predicted octanol–water partition coefficient (Wildman–Crippen LogP) is 0.606. The summed E-state index contributed by atoms with van der Waals surface area (Å²) in [5.41, 5.74) is -0.510. The summed E-state index contributed by atoms with van der Waals surface area (Å²) in [6, 6.07) is 6.77. The Morgan fingerprint density at radius 1 is 1.29 bits per heavy atom. The van der Waals surface area contributed by atoms with Crippen molar-refractivity contribution < 1.29 is 4.79 Å². The average molecular weight is 287 g/mol. The van der Waals surface area contributed by atoms with E-state index in [4.69, 9.17) is 0 Å². The van der Waals surface area contributed by atoms with Crippen LogP contribution < -0.4 is 16.6 Å². The zero-order chi connectivity index (χ0) is 14.8. The van der Waals surface area contributed by atoms with Crippen LogP contribution in [0.25, 0.3) is 10.9 Å². The zero-order valence-corrected chi connectivity index (χ0v) is 11.6. The minimum atomic E-state index is -0.558. The van der Waals surface area contributed by atoms with Gasteiger partial charge in [0.05, 0.1) is 10.9 Å². The largest absolute Gasteiger partial charge is 0.354 e. The van der Waals surface area contributed by atoms with Gasteiger partial charge < -0.3 is 5.32 Å². The first-order valence-corrected chi connectivity index (χ1v) is 7.14. The molecule has 0 bridgehead atoms. The summed E-state index contributed by atoms with van der Waals surface area (Å²) in [6.45, 7) is 0.581. The molecule has 0 saturated heterocycles. The fraction of sp³-hybridized carbons (Fsp3) is 0.400. The van der Waals surface area contributed by atoms with Gasteiger partial charge in [-0.25, -0.2) is 4.79 Å². The Morgan fingerprint density at radius 3 is 2.76 bits per heavy atom. The first-order chi connectivity index (χ1) is 10.1. The number of nitrogens with zero attached hydrogens (tertiary/aromatic N) is 1. The van der Waals surface area contributed by atoms with Gasteiger partial charge in [-0.2, -0.15) is 0 Å². The van der Waals surface area contributed by atoms with E-state index in [2.05, 4.69) is 10.3 Å². The van der Waals surface area contributed by atoms with Crippen LogP contribution in [0, 0.1) is 5.92 Å². The molecule has 0 atom stereocenters. The lowest BCUT2D eigenvalue weighted by Crippen LogP contribution is -2.38. The van der Waals surface area contributed by atoms with E-state index >= 15 is 0 Å².